The van der Waals surface area contributed by atoms with Gasteiger partial charge in [0.05, 0.1) is 10.5 Å². The zero-order chi connectivity index (χ0) is 28.3. The molecule has 2 saturated heterocycles. The van der Waals surface area contributed by atoms with Crippen molar-refractivity contribution < 1.29 is 4.79 Å². The fourth-order valence-electron chi connectivity index (χ4n) is 5.67. The molecule has 2 aliphatic heterocycles. The third-order valence-electron chi connectivity index (χ3n) is 7.96. The largest absolute Gasteiger partial charge is 0.356 e. The van der Waals surface area contributed by atoms with Crippen LogP contribution in [0.1, 0.15) is 35.1 Å². The zero-order valence-electron chi connectivity index (χ0n) is 23.0. The molecule has 0 atom stereocenters. The number of benzene rings is 2. The van der Waals surface area contributed by atoms with Gasteiger partial charge in [-0.2, -0.15) is 0 Å². The van der Waals surface area contributed by atoms with E-state index in [0.717, 1.165) is 43.5 Å². The van der Waals surface area contributed by atoms with E-state index in [1.165, 1.54) is 17.3 Å². The summed E-state index contributed by atoms with van der Waals surface area (Å²) in [6.07, 6.45) is 7.27. The first-order valence-corrected chi connectivity index (χ1v) is 15.3. The van der Waals surface area contributed by atoms with Gasteiger partial charge in [-0.1, -0.05) is 90.7 Å². The van der Waals surface area contributed by atoms with Crippen LogP contribution in [0, 0.1) is 12.8 Å². The lowest BCUT2D eigenvalue weighted by Gasteiger charge is -2.33. The van der Waals surface area contributed by atoms with Crippen molar-refractivity contribution in [2.75, 3.05) is 24.5 Å². The van der Waals surface area contributed by atoms with Crippen LogP contribution in [0.3, 0.4) is 0 Å². The minimum absolute atomic E-state index is 0.155. The molecule has 1 amide bonds. The van der Waals surface area contributed by atoms with Crippen LogP contribution in [0.2, 0.25) is 0 Å². The fraction of sp³-hybridized carbons (Fsp3) is 0.273. The van der Waals surface area contributed by atoms with E-state index in [9.17, 15) is 9.59 Å². The van der Waals surface area contributed by atoms with Crippen LogP contribution in [-0.4, -0.2) is 44.1 Å². The van der Waals surface area contributed by atoms with E-state index in [-0.39, 0.29) is 11.5 Å². The molecule has 0 unspecified atom stereocenters. The van der Waals surface area contributed by atoms with E-state index in [0.29, 0.717) is 45.1 Å². The summed E-state index contributed by atoms with van der Waals surface area (Å²) < 4.78 is 2.10. The standard InChI is InChI=1S/C33H32N4O2S2/c1-23-9-8-17-36-29(23)34-30(35-18-14-26(15-19-35)21-25-12-6-3-7-13-25)27(31(36)38)22-28-32(39)37(33(40)41-28)20-16-24-10-4-2-5-11-24/h2-13,17,22,26H,14-16,18-21H2,1H3/b28-22-. The van der Waals surface area contributed by atoms with Crippen molar-refractivity contribution in [2.24, 2.45) is 5.92 Å². The van der Waals surface area contributed by atoms with E-state index in [1.54, 1.807) is 21.6 Å². The number of thioether (sulfide) groups is 1. The number of rotatable bonds is 7. The molecule has 2 aromatic carbocycles. The molecule has 2 aliphatic rings. The molecule has 4 aromatic rings. The summed E-state index contributed by atoms with van der Waals surface area (Å²) in [6, 6.07) is 24.5. The number of pyridine rings is 1. The van der Waals surface area contributed by atoms with Gasteiger partial charge in [0, 0.05) is 25.8 Å². The summed E-state index contributed by atoms with van der Waals surface area (Å²) >= 11 is 6.86. The number of anilines is 1. The number of amides is 1. The predicted molar refractivity (Wildman–Crippen MR) is 171 cm³/mol. The number of fused-ring (bicyclic) bond motifs is 1. The Bertz CT molecular complexity index is 1680. The quantitative estimate of drug-likeness (QED) is 0.200. The summed E-state index contributed by atoms with van der Waals surface area (Å²) in [5.41, 5.74) is 4.36. The van der Waals surface area contributed by atoms with Gasteiger partial charge in [0.2, 0.25) is 0 Å². The number of aryl methyl sites for hydroxylation is 1. The van der Waals surface area contributed by atoms with Crippen LogP contribution in [0.15, 0.2) is 88.7 Å². The van der Waals surface area contributed by atoms with Gasteiger partial charge in [-0.3, -0.25) is 18.9 Å². The van der Waals surface area contributed by atoms with E-state index < -0.39 is 0 Å². The van der Waals surface area contributed by atoms with E-state index >= 15 is 0 Å². The van der Waals surface area contributed by atoms with Crippen LogP contribution >= 0.6 is 24.0 Å². The average molecular weight is 581 g/mol. The lowest BCUT2D eigenvalue weighted by molar-refractivity contribution is -0.122. The molecule has 0 radical (unpaired) electrons. The topological polar surface area (TPSA) is 57.9 Å². The summed E-state index contributed by atoms with van der Waals surface area (Å²) in [6.45, 7) is 4.09. The van der Waals surface area contributed by atoms with Crippen molar-refractivity contribution in [1.82, 2.24) is 14.3 Å². The molecule has 0 saturated carbocycles. The van der Waals surface area contributed by atoms with Crippen molar-refractivity contribution in [1.29, 1.82) is 0 Å². The molecule has 208 valence electrons. The van der Waals surface area contributed by atoms with Gasteiger partial charge < -0.3 is 4.90 Å². The number of thiocarbonyl (C=S) groups is 1. The zero-order valence-corrected chi connectivity index (χ0v) is 24.7. The van der Waals surface area contributed by atoms with Gasteiger partial charge in [-0.05, 0) is 67.4 Å². The molecule has 0 bridgehead atoms. The van der Waals surface area contributed by atoms with Crippen molar-refractivity contribution in [3.63, 3.8) is 0 Å². The van der Waals surface area contributed by atoms with Gasteiger partial charge in [0.15, 0.2) is 0 Å². The van der Waals surface area contributed by atoms with E-state index in [2.05, 4.69) is 35.2 Å². The van der Waals surface area contributed by atoms with Crippen LogP contribution < -0.4 is 10.5 Å². The Kier molecular flexibility index (Phi) is 8.03. The number of hydrogen-bond donors (Lipinski definition) is 0. The second kappa shape index (κ2) is 12.0. The molecule has 6 rings (SSSR count). The van der Waals surface area contributed by atoms with Gasteiger partial charge in [0.25, 0.3) is 11.5 Å². The van der Waals surface area contributed by atoms with Gasteiger partial charge in [-0.15, -0.1) is 0 Å². The minimum Gasteiger partial charge on any atom is -0.356 e. The Hall–Kier alpha value is -3.75. The highest BCUT2D eigenvalue weighted by atomic mass is 32.2. The molecule has 8 heteroatoms. The lowest BCUT2D eigenvalue weighted by atomic mass is 9.90. The van der Waals surface area contributed by atoms with Crippen molar-refractivity contribution in [3.8, 4) is 0 Å². The molecule has 2 fully saturated rings. The number of aromatic nitrogens is 2. The lowest BCUT2D eigenvalue weighted by Crippen LogP contribution is -2.37. The number of nitrogens with zero attached hydrogens (tertiary/aromatic N) is 4. The third-order valence-corrected chi connectivity index (χ3v) is 9.34. The van der Waals surface area contributed by atoms with Crippen molar-refractivity contribution in [2.45, 2.75) is 32.6 Å². The Morgan fingerprint density at radius 1 is 0.951 bits per heavy atom. The molecule has 0 spiro atoms. The van der Waals surface area contributed by atoms with Crippen LogP contribution in [-0.2, 0) is 17.6 Å². The van der Waals surface area contributed by atoms with E-state index in [1.807, 2.05) is 49.4 Å². The summed E-state index contributed by atoms with van der Waals surface area (Å²) in [5, 5.41) is 0. The van der Waals surface area contributed by atoms with Crippen molar-refractivity contribution in [3.05, 3.63) is 117 Å². The predicted octanol–water partition coefficient (Wildman–Crippen LogP) is 5.91. The Morgan fingerprint density at radius 3 is 2.34 bits per heavy atom. The number of piperidine rings is 1. The average Bonchev–Trinajstić information content (AvgIpc) is 3.26. The summed E-state index contributed by atoms with van der Waals surface area (Å²) in [7, 11) is 0. The van der Waals surface area contributed by atoms with Gasteiger partial charge in [0.1, 0.15) is 15.8 Å². The Morgan fingerprint density at radius 2 is 1.63 bits per heavy atom. The van der Waals surface area contributed by atoms with Crippen molar-refractivity contribution >= 4 is 51.7 Å². The minimum atomic E-state index is -0.172. The highest BCUT2D eigenvalue weighted by Crippen LogP contribution is 2.34. The van der Waals surface area contributed by atoms with Crippen LogP contribution in [0.5, 0.6) is 0 Å². The highest BCUT2D eigenvalue weighted by Gasteiger charge is 2.33. The molecular formula is C33H32N4O2S2. The van der Waals surface area contributed by atoms with Crippen LogP contribution in [0.25, 0.3) is 11.7 Å². The second-order valence-electron chi connectivity index (χ2n) is 10.7. The van der Waals surface area contributed by atoms with Gasteiger partial charge >= 0.3 is 0 Å². The Labute approximate surface area is 249 Å². The SMILES string of the molecule is Cc1cccn2c(=O)c(/C=C3\SC(=S)N(CCc4ccccc4)C3=O)c(N3CCC(Cc4ccccc4)CC3)nc12. The molecular weight excluding hydrogens is 549 g/mol. The molecule has 2 aromatic heterocycles. The molecule has 4 heterocycles. The molecule has 0 N–H and O–H groups in total. The second-order valence-corrected chi connectivity index (χ2v) is 12.4. The summed E-state index contributed by atoms with van der Waals surface area (Å²) in [5.74, 6) is 1.08. The first-order chi connectivity index (χ1) is 20.0. The smallest absolute Gasteiger partial charge is 0.267 e. The third kappa shape index (κ3) is 5.85. The highest BCUT2D eigenvalue weighted by molar-refractivity contribution is 8.26. The maximum atomic E-state index is 13.9. The monoisotopic (exact) mass is 580 g/mol. The van der Waals surface area contributed by atoms with E-state index in [4.69, 9.17) is 17.2 Å². The summed E-state index contributed by atoms with van der Waals surface area (Å²) in [4.78, 5) is 36.7. The first kappa shape index (κ1) is 27.4. The van der Waals surface area contributed by atoms with Gasteiger partial charge in [-0.25, -0.2) is 4.98 Å². The molecule has 0 aliphatic carbocycles. The number of carbonyl (C=O) groups is 1. The number of hydrogen-bond acceptors (Lipinski definition) is 6. The number of carbonyl (C=O) groups excluding carboxylic acids is 1. The van der Waals surface area contributed by atoms with Crippen LogP contribution in [0.4, 0.5) is 5.82 Å². The molecule has 6 nitrogen and oxygen atoms in total. The normalized spacial score (nSPS) is 17.2. The fourth-order valence-corrected chi connectivity index (χ4v) is 6.96. The first-order valence-electron chi connectivity index (χ1n) is 14.1. The maximum Gasteiger partial charge on any atom is 0.267 e. The maximum absolute atomic E-state index is 13.9. The Balaban J connectivity index is 1.29. The molecule has 41 heavy (non-hydrogen) atoms.